The first kappa shape index (κ1) is 10.3. The van der Waals surface area contributed by atoms with Gasteiger partial charge in [0, 0.05) is 23.5 Å². The number of pyridine rings is 2. The van der Waals surface area contributed by atoms with Gasteiger partial charge in [0.15, 0.2) is 0 Å². The molecule has 2 heterocycles. The molecule has 0 aliphatic carbocycles. The van der Waals surface area contributed by atoms with E-state index < -0.39 is 8.07 Å². The third-order valence-corrected chi connectivity index (χ3v) is 4.74. The maximum absolute atomic E-state index is 4.64. The van der Waals surface area contributed by atoms with Crippen LogP contribution in [0.2, 0.25) is 19.6 Å². The molecule has 0 spiro atoms. The summed E-state index contributed by atoms with van der Waals surface area (Å²) in [6, 6.07) is 4.23. The lowest BCUT2D eigenvalue weighted by molar-refractivity contribution is 1.25. The third kappa shape index (κ3) is 1.92. The van der Waals surface area contributed by atoms with Gasteiger partial charge in [0.2, 0.25) is 0 Å². The summed E-state index contributed by atoms with van der Waals surface area (Å²) >= 11 is 0. The summed E-state index contributed by atoms with van der Waals surface area (Å²) in [6.45, 7) is 9.14. The maximum Gasteiger partial charge on any atom is 0.0800 e. The summed E-state index contributed by atoms with van der Waals surface area (Å²) < 4.78 is 0. The van der Waals surface area contributed by atoms with Crippen LogP contribution < -0.4 is 5.19 Å². The molecule has 0 N–H and O–H groups in total. The van der Waals surface area contributed by atoms with Crippen molar-refractivity contribution in [2.24, 2.45) is 0 Å². The molecule has 78 valence electrons. The highest BCUT2D eigenvalue weighted by Crippen LogP contribution is 2.12. The van der Waals surface area contributed by atoms with Crippen LogP contribution in [0, 0.1) is 6.92 Å². The van der Waals surface area contributed by atoms with E-state index in [1.54, 1.807) is 6.20 Å². The van der Waals surface area contributed by atoms with E-state index in [2.05, 4.69) is 42.6 Å². The molecule has 0 amide bonds. The normalized spacial score (nSPS) is 12.0. The minimum absolute atomic E-state index is 1.05. The van der Waals surface area contributed by atoms with Crippen LogP contribution in [0.1, 0.15) is 5.69 Å². The summed E-state index contributed by atoms with van der Waals surface area (Å²) in [7, 11) is -1.29. The molecule has 0 saturated heterocycles. The van der Waals surface area contributed by atoms with Crippen LogP contribution in [0.15, 0.2) is 24.5 Å². The van der Waals surface area contributed by atoms with Gasteiger partial charge in [0.25, 0.3) is 0 Å². The summed E-state index contributed by atoms with van der Waals surface area (Å²) in [5.74, 6) is 0. The Hall–Kier alpha value is -1.22. The first-order valence-electron chi connectivity index (χ1n) is 5.20. The van der Waals surface area contributed by atoms with Crippen molar-refractivity contribution in [3.8, 4) is 0 Å². The number of aryl methyl sites for hydroxylation is 1. The van der Waals surface area contributed by atoms with Crippen LogP contribution in [-0.4, -0.2) is 18.0 Å². The van der Waals surface area contributed by atoms with E-state index in [-0.39, 0.29) is 0 Å². The Kier molecular flexibility index (Phi) is 2.35. The van der Waals surface area contributed by atoms with Gasteiger partial charge in [-0.1, -0.05) is 25.7 Å². The molecule has 0 aliphatic heterocycles. The number of hydrogen-bond acceptors (Lipinski definition) is 2. The highest BCUT2D eigenvalue weighted by molar-refractivity contribution is 6.89. The molecule has 2 aromatic heterocycles. The number of aromatic nitrogens is 2. The van der Waals surface area contributed by atoms with Gasteiger partial charge in [-0.2, -0.15) is 0 Å². The zero-order valence-corrected chi connectivity index (χ0v) is 10.7. The fourth-order valence-electron chi connectivity index (χ4n) is 1.87. The van der Waals surface area contributed by atoms with Crippen LogP contribution in [-0.2, 0) is 0 Å². The Morgan fingerprint density at radius 2 is 1.93 bits per heavy atom. The molecule has 0 fully saturated rings. The minimum atomic E-state index is -1.29. The summed E-state index contributed by atoms with van der Waals surface area (Å²) in [5, 5.41) is 2.59. The monoisotopic (exact) mass is 216 g/mol. The molecule has 0 atom stereocenters. The average Bonchev–Trinajstić information content (AvgIpc) is 2.15. The van der Waals surface area contributed by atoms with Gasteiger partial charge in [-0.3, -0.25) is 9.97 Å². The average molecular weight is 216 g/mol. The number of hydrogen-bond donors (Lipinski definition) is 0. The zero-order valence-electron chi connectivity index (χ0n) is 9.70. The van der Waals surface area contributed by atoms with Crippen molar-refractivity contribution in [2.45, 2.75) is 26.6 Å². The minimum Gasteiger partial charge on any atom is -0.264 e. The predicted octanol–water partition coefficient (Wildman–Crippen LogP) is 2.48. The van der Waals surface area contributed by atoms with Gasteiger partial charge < -0.3 is 0 Å². The molecule has 2 nitrogen and oxygen atoms in total. The second-order valence-corrected chi connectivity index (χ2v) is 9.98. The number of rotatable bonds is 1. The first-order chi connectivity index (χ1) is 6.98. The Morgan fingerprint density at radius 1 is 1.20 bits per heavy atom. The molecule has 2 rings (SSSR count). The Labute approximate surface area is 91.4 Å². The fourth-order valence-corrected chi connectivity index (χ4v) is 3.60. The SMILES string of the molecule is Cc1nc2ccncc2cc1[Si](C)(C)C. The first-order valence-corrected chi connectivity index (χ1v) is 8.70. The summed E-state index contributed by atoms with van der Waals surface area (Å²) in [4.78, 5) is 8.78. The van der Waals surface area contributed by atoms with E-state index in [0.717, 1.165) is 10.9 Å². The molecule has 3 heteroatoms. The molecule has 2 aromatic rings. The molecular weight excluding hydrogens is 200 g/mol. The standard InChI is InChI=1S/C12H16N2Si/c1-9-12(15(2,3)4)7-10-8-13-6-5-11(10)14-9/h5-8H,1-4H3. The van der Waals surface area contributed by atoms with Crippen LogP contribution in [0.25, 0.3) is 10.9 Å². The van der Waals surface area contributed by atoms with Crippen LogP contribution in [0.4, 0.5) is 0 Å². The number of fused-ring (bicyclic) bond motifs is 1. The predicted molar refractivity (Wildman–Crippen MR) is 67.3 cm³/mol. The lowest BCUT2D eigenvalue weighted by atomic mass is 10.2. The largest absolute Gasteiger partial charge is 0.264 e. The number of nitrogens with zero attached hydrogens (tertiary/aromatic N) is 2. The molecule has 15 heavy (non-hydrogen) atoms. The topological polar surface area (TPSA) is 25.8 Å². The lowest BCUT2D eigenvalue weighted by Gasteiger charge is -2.19. The highest BCUT2D eigenvalue weighted by Gasteiger charge is 2.19. The van der Waals surface area contributed by atoms with Gasteiger partial charge in [-0.15, -0.1) is 0 Å². The third-order valence-electron chi connectivity index (χ3n) is 2.61. The van der Waals surface area contributed by atoms with Crippen molar-refractivity contribution in [1.29, 1.82) is 0 Å². The zero-order chi connectivity index (χ0) is 11.1. The van der Waals surface area contributed by atoms with E-state index in [9.17, 15) is 0 Å². The van der Waals surface area contributed by atoms with Crippen molar-refractivity contribution >= 4 is 24.2 Å². The van der Waals surface area contributed by atoms with Gasteiger partial charge in [-0.05, 0) is 18.2 Å². The molecular formula is C12H16N2Si. The van der Waals surface area contributed by atoms with Gasteiger partial charge in [-0.25, -0.2) is 0 Å². The lowest BCUT2D eigenvalue weighted by Crippen LogP contribution is -2.39. The Morgan fingerprint density at radius 3 is 2.60 bits per heavy atom. The summed E-state index contributed by atoms with van der Waals surface area (Å²) in [5.41, 5.74) is 2.22. The molecule has 0 aromatic carbocycles. The fraction of sp³-hybridized carbons (Fsp3) is 0.333. The molecule has 0 unspecified atom stereocenters. The van der Waals surface area contributed by atoms with Gasteiger partial charge in [0.05, 0.1) is 13.6 Å². The van der Waals surface area contributed by atoms with E-state index in [4.69, 9.17) is 0 Å². The van der Waals surface area contributed by atoms with Crippen molar-refractivity contribution in [2.75, 3.05) is 0 Å². The molecule has 0 aliphatic rings. The van der Waals surface area contributed by atoms with Gasteiger partial charge >= 0.3 is 0 Å². The smallest absolute Gasteiger partial charge is 0.0800 e. The quantitative estimate of drug-likeness (QED) is 0.684. The van der Waals surface area contributed by atoms with E-state index in [1.165, 1.54) is 10.9 Å². The molecule has 0 saturated carbocycles. The second kappa shape index (κ2) is 3.42. The highest BCUT2D eigenvalue weighted by atomic mass is 28.3. The summed E-state index contributed by atoms with van der Waals surface area (Å²) in [6.07, 6.45) is 3.69. The molecule has 0 bridgehead atoms. The molecule has 0 radical (unpaired) electrons. The van der Waals surface area contributed by atoms with Crippen LogP contribution in [0.3, 0.4) is 0 Å². The maximum atomic E-state index is 4.64. The van der Waals surface area contributed by atoms with Crippen molar-refractivity contribution < 1.29 is 0 Å². The van der Waals surface area contributed by atoms with Crippen LogP contribution >= 0.6 is 0 Å². The Bertz CT molecular complexity index is 500. The van der Waals surface area contributed by atoms with Crippen molar-refractivity contribution in [3.63, 3.8) is 0 Å². The van der Waals surface area contributed by atoms with Gasteiger partial charge in [0.1, 0.15) is 0 Å². The van der Waals surface area contributed by atoms with E-state index in [0.29, 0.717) is 0 Å². The Balaban J connectivity index is 2.73. The van der Waals surface area contributed by atoms with Crippen LogP contribution in [0.5, 0.6) is 0 Å². The second-order valence-electron chi connectivity index (χ2n) is 4.94. The van der Waals surface area contributed by atoms with E-state index in [1.807, 2.05) is 12.3 Å². The van der Waals surface area contributed by atoms with E-state index >= 15 is 0 Å². The van der Waals surface area contributed by atoms with Crippen molar-refractivity contribution in [1.82, 2.24) is 9.97 Å². The van der Waals surface area contributed by atoms with Crippen molar-refractivity contribution in [3.05, 3.63) is 30.2 Å².